The Hall–Kier alpha value is -1.55. The lowest BCUT2D eigenvalue weighted by Gasteiger charge is -2.00. The summed E-state index contributed by atoms with van der Waals surface area (Å²) in [6.07, 6.45) is 0. The zero-order valence-corrected chi connectivity index (χ0v) is 9.03. The second-order valence-electron chi connectivity index (χ2n) is 3.35. The molecule has 0 radical (unpaired) electrons. The minimum absolute atomic E-state index is 0.511. The Labute approximate surface area is 88.6 Å². The molecular formula is C11H15N3O. The van der Waals surface area contributed by atoms with Crippen LogP contribution in [-0.2, 0) is 13.1 Å². The minimum Gasteiger partial charge on any atom is -0.497 e. The van der Waals surface area contributed by atoms with E-state index in [0.29, 0.717) is 6.54 Å². The van der Waals surface area contributed by atoms with Gasteiger partial charge < -0.3 is 10.5 Å². The van der Waals surface area contributed by atoms with E-state index >= 15 is 0 Å². The fourth-order valence-corrected chi connectivity index (χ4v) is 1.77. The van der Waals surface area contributed by atoms with Crippen molar-refractivity contribution in [2.75, 3.05) is 7.11 Å². The maximum atomic E-state index is 5.72. The Morgan fingerprint density at radius 1 is 1.47 bits per heavy atom. The van der Waals surface area contributed by atoms with E-state index in [2.05, 4.69) is 12.0 Å². The highest BCUT2D eigenvalue weighted by Crippen LogP contribution is 2.22. The second-order valence-corrected chi connectivity index (χ2v) is 3.35. The van der Waals surface area contributed by atoms with Gasteiger partial charge in [-0.25, -0.2) is 0 Å². The van der Waals surface area contributed by atoms with Crippen LogP contribution in [0.1, 0.15) is 12.6 Å². The van der Waals surface area contributed by atoms with E-state index in [9.17, 15) is 0 Å². The summed E-state index contributed by atoms with van der Waals surface area (Å²) in [5, 5.41) is 5.58. The molecule has 1 aromatic carbocycles. The van der Waals surface area contributed by atoms with Gasteiger partial charge >= 0.3 is 0 Å². The normalized spacial score (nSPS) is 10.9. The molecule has 0 aliphatic carbocycles. The van der Waals surface area contributed by atoms with Crippen LogP contribution in [0.4, 0.5) is 0 Å². The third-order valence-electron chi connectivity index (χ3n) is 2.55. The highest BCUT2D eigenvalue weighted by atomic mass is 16.5. The van der Waals surface area contributed by atoms with E-state index in [1.54, 1.807) is 7.11 Å². The topological polar surface area (TPSA) is 53.1 Å². The second kappa shape index (κ2) is 3.90. The smallest absolute Gasteiger partial charge is 0.121 e. The quantitative estimate of drug-likeness (QED) is 0.826. The summed E-state index contributed by atoms with van der Waals surface area (Å²) in [6, 6.07) is 5.87. The summed E-state index contributed by atoms with van der Waals surface area (Å²) >= 11 is 0. The molecule has 1 heterocycles. The standard InChI is InChI=1S/C11H15N3O/c1-3-14-11(7-12)9-5-4-8(15-2)6-10(9)13-14/h4-6H,3,7,12H2,1-2H3. The molecule has 0 fully saturated rings. The molecule has 0 aliphatic rings. The number of benzene rings is 1. The average Bonchev–Trinajstić information content (AvgIpc) is 2.65. The molecule has 0 spiro atoms. The highest BCUT2D eigenvalue weighted by molar-refractivity contribution is 5.83. The summed E-state index contributed by atoms with van der Waals surface area (Å²) in [5.74, 6) is 0.826. The summed E-state index contributed by atoms with van der Waals surface area (Å²) in [6.45, 7) is 3.41. The number of nitrogens with zero attached hydrogens (tertiary/aromatic N) is 2. The Morgan fingerprint density at radius 3 is 2.87 bits per heavy atom. The monoisotopic (exact) mass is 205 g/mol. The van der Waals surface area contributed by atoms with Crippen molar-refractivity contribution < 1.29 is 4.74 Å². The number of methoxy groups -OCH3 is 1. The first-order chi connectivity index (χ1) is 7.30. The van der Waals surface area contributed by atoms with Crippen molar-refractivity contribution in [3.05, 3.63) is 23.9 Å². The zero-order valence-electron chi connectivity index (χ0n) is 9.03. The number of nitrogens with two attached hydrogens (primary N) is 1. The molecule has 15 heavy (non-hydrogen) atoms. The van der Waals surface area contributed by atoms with E-state index in [0.717, 1.165) is 28.9 Å². The maximum Gasteiger partial charge on any atom is 0.121 e. The van der Waals surface area contributed by atoms with Crippen molar-refractivity contribution in [2.24, 2.45) is 5.73 Å². The minimum atomic E-state index is 0.511. The first-order valence-electron chi connectivity index (χ1n) is 5.03. The van der Waals surface area contributed by atoms with Gasteiger partial charge in [0.15, 0.2) is 0 Å². The van der Waals surface area contributed by atoms with E-state index < -0.39 is 0 Å². The van der Waals surface area contributed by atoms with E-state index in [1.165, 1.54) is 0 Å². The fraction of sp³-hybridized carbons (Fsp3) is 0.364. The summed E-state index contributed by atoms with van der Waals surface area (Å²) in [7, 11) is 1.65. The van der Waals surface area contributed by atoms with Crippen LogP contribution >= 0.6 is 0 Å². The first kappa shape index (κ1) is 9.98. The molecule has 0 aliphatic heterocycles. The summed E-state index contributed by atoms with van der Waals surface area (Å²) < 4.78 is 7.09. The van der Waals surface area contributed by atoms with Crippen molar-refractivity contribution in [2.45, 2.75) is 20.0 Å². The molecule has 0 bridgehead atoms. The van der Waals surface area contributed by atoms with Gasteiger partial charge in [0.25, 0.3) is 0 Å². The molecule has 4 nitrogen and oxygen atoms in total. The Kier molecular flexibility index (Phi) is 2.60. The lowest BCUT2D eigenvalue weighted by Crippen LogP contribution is -2.07. The highest BCUT2D eigenvalue weighted by Gasteiger charge is 2.08. The molecule has 2 aromatic rings. The number of fused-ring (bicyclic) bond motifs is 1. The Morgan fingerprint density at radius 2 is 2.27 bits per heavy atom. The number of aromatic nitrogens is 2. The first-order valence-corrected chi connectivity index (χ1v) is 5.03. The number of aryl methyl sites for hydroxylation is 1. The van der Waals surface area contributed by atoms with Crippen LogP contribution in [0.5, 0.6) is 5.75 Å². The Bertz CT molecular complexity index is 476. The average molecular weight is 205 g/mol. The lowest BCUT2D eigenvalue weighted by atomic mass is 10.2. The van der Waals surface area contributed by atoms with Crippen molar-refractivity contribution in [1.82, 2.24) is 9.78 Å². The van der Waals surface area contributed by atoms with Crippen LogP contribution in [0, 0.1) is 0 Å². The molecule has 2 rings (SSSR count). The van der Waals surface area contributed by atoms with Crippen LogP contribution in [0.3, 0.4) is 0 Å². The van der Waals surface area contributed by atoms with Crippen LogP contribution in [0.15, 0.2) is 18.2 Å². The van der Waals surface area contributed by atoms with Crippen molar-refractivity contribution >= 4 is 10.9 Å². The van der Waals surface area contributed by atoms with E-state index in [1.807, 2.05) is 22.9 Å². The van der Waals surface area contributed by atoms with Crippen molar-refractivity contribution in [1.29, 1.82) is 0 Å². The number of rotatable bonds is 3. The van der Waals surface area contributed by atoms with Gasteiger partial charge in [0.05, 0.1) is 18.3 Å². The van der Waals surface area contributed by atoms with E-state index in [4.69, 9.17) is 10.5 Å². The van der Waals surface area contributed by atoms with Gasteiger partial charge in [-0.2, -0.15) is 5.10 Å². The number of hydrogen-bond acceptors (Lipinski definition) is 3. The SMILES string of the molecule is CCn1nc2cc(OC)ccc2c1CN. The fourth-order valence-electron chi connectivity index (χ4n) is 1.77. The molecule has 0 atom stereocenters. The molecule has 1 aromatic heterocycles. The van der Waals surface area contributed by atoms with Gasteiger partial charge in [-0.05, 0) is 19.1 Å². The molecule has 0 amide bonds. The summed E-state index contributed by atoms with van der Waals surface area (Å²) in [4.78, 5) is 0. The van der Waals surface area contributed by atoms with E-state index in [-0.39, 0.29) is 0 Å². The van der Waals surface area contributed by atoms with Gasteiger partial charge in [-0.1, -0.05) is 0 Å². The van der Waals surface area contributed by atoms with Gasteiger partial charge in [0, 0.05) is 24.5 Å². The molecular weight excluding hydrogens is 190 g/mol. The number of ether oxygens (including phenoxy) is 1. The number of hydrogen-bond donors (Lipinski definition) is 1. The van der Waals surface area contributed by atoms with Gasteiger partial charge in [0.2, 0.25) is 0 Å². The van der Waals surface area contributed by atoms with Crippen LogP contribution in [0.2, 0.25) is 0 Å². The third-order valence-corrected chi connectivity index (χ3v) is 2.55. The van der Waals surface area contributed by atoms with Gasteiger partial charge in [0.1, 0.15) is 5.75 Å². The van der Waals surface area contributed by atoms with Crippen LogP contribution < -0.4 is 10.5 Å². The van der Waals surface area contributed by atoms with Crippen LogP contribution in [0.25, 0.3) is 10.9 Å². The Balaban J connectivity index is 2.65. The van der Waals surface area contributed by atoms with Gasteiger partial charge in [-0.3, -0.25) is 4.68 Å². The molecule has 2 N–H and O–H groups in total. The zero-order chi connectivity index (χ0) is 10.8. The van der Waals surface area contributed by atoms with Gasteiger partial charge in [-0.15, -0.1) is 0 Å². The lowest BCUT2D eigenvalue weighted by molar-refractivity contribution is 0.415. The molecule has 0 unspecified atom stereocenters. The van der Waals surface area contributed by atoms with Crippen LogP contribution in [-0.4, -0.2) is 16.9 Å². The maximum absolute atomic E-state index is 5.72. The largest absolute Gasteiger partial charge is 0.497 e. The molecule has 4 heteroatoms. The third kappa shape index (κ3) is 1.57. The van der Waals surface area contributed by atoms with Crippen molar-refractivity contribution in [3.63, 3.8) is 0 Å². The predicted molar refractivity (Wildman–Crippen MR) is 59.9 cm³/mol. The summed E-state index contributed by atoms with van der Waals surface area (Å²) in [5.41, 5.74) is 7.74. The van der Waals surface area contributed by atoms with Crippen molar-refractivity contribution in [3.8, 4) is 5.75 Å². The molecule has 80 valence electrons. The predicted octanol–water partition coefficient (Wildman–Crippen LogP) is 1.52. The molecule has 0 saturated heterocycles. The molecule has 0 saturated carbocycles.